The summed E-state index contributed by atoms with van der Waals surface area (Å²) in [6, 6.07) is 5.47. The molecule has 0 saturated heterocycles. The summed E-state index contributed by atoms with van der Waals surface area (Å²) in [6.45, 7) is 1.42. The molecule has 1 aromatic carbocycles. The zero-order valence-corrected chi connectivity index (χ0v) is 13.4. The molecule has 0 amide bonds. The van der Waals surface area contributed by atoms with Crippen LogP contribution in [0, 0.1) is 5.92 Å². The Bertz CT molecular complexity index is 453. The molecule has 0 bridgehead atoms. The summed E-state index contributed by atoms with van der Waals surface area (Å²) in [6.07, 6.45) is 6.64. The maximum atomic E-state index is 11.4. The average Bonchev–Trinajstić information content (AvgIpc) is 2.49. The zero-order chi connectivity index (χ0) is 14.4. The maximum Gasteiger partial charge on any atom is 0.337 e. The molecule has 110 valence electrons. The van der Waals surface area contributed by atoms with E-state index >= 15 is 0 Å². The molecule has 0 unspecified atom stereocenters. The van der Waals surface area contributed by atoms with E-state index < -0.39 is 0 Å². The van der Waals surface area contributed by atoms with Crippen molar-refractivity contribution in [2.24, 2.45) is 5.92 Å². The molecule has 3 nitrogen and oxygen atoms in total. The molecule has 20 heavy (non-hydrogen) atoms. The third-order valence-corrected chi connectivity index (χ3v) is 4.55. The van der Waals surface area contributed by atoms with Crippen molar-refractivity contribution in [1.82, 2.24) is 0 Å². The molecule has 0 spiro atoms. The lowest BCUT2D eigenvalue weighted by Gasteiger charge is -2.21. The molecular formula is C16H21BrO3. The SMILES string of the molecule is COC(=O)c1ccc(COCC2CCCCC2)c(Br)c1. The van der Waals surface area contributed by atoms with Gasteiger partial charge < -0.3 is 9.47 Å². The zero-order valence-electron chi connectivity index (χ0n) is 11.9. The van der Waals surface area contributed by atoms with Crippen LogP contribution in [-0.2, 0) is 16.1 Å². The lowest BCUT2D eigenvalue weighted by molar-refractivity contribution is 0.0600. The summed E-state index contributed by atoms with van der Waals surface area (Å²) in [5.74, 6) is 0.400. The van der Waals surface area contributed by atoms with Crippen LogP contribution >= 0.6 is 15.9 Å². The number of methoxy groups -OCH3 is 1. The highest BCUT2D eigenvalue weighted by Gasteiger charge is 2.14. The van der Waals surface area contributed by atoms with Gasteiger partial charge in [-0.15, -0.1) is 0 Å². The van der Waals surface area contributed by atoms with Gasteiger partial charge in [-0.2, -0.15) is 0 Å². The normalized spacial score (nSPS) is 16.1. The van der Waals surface area contributed by atoms with Gasteiger partial charge in [0, 0.05) is 11.1 Å². The predicted molar refractivity (Wildman–Crippen MR) is 81.7 cm³/mol. The van der Waals surface area contributed by atoms with E-state index in [9.17, 15) is 4.79 Å². The van der Waals surface area contributed by atoms with Crippen molar-refractivity contribution in [1.29, 1.82) is 0 Å². The first kappa shape index (κ1) is 15.5. The maximum absolute atomic E-state index is 11.4. The number of carbonyl (C=O) groups excluding carboxylic acids is 1. The molecule has 1 fully saturated rings. The van der Waals surface area contributed by atoms with Crippen molar-refractivity contribution in [2.75, 3.05) is 13.7 Å². The Morgan fingerprint density at radius 1 is 1.30 bits per heavy atom. The van der Waals surface area contributed by atoms with Crippen LogP contribution in [0.1, 0.15) is 48.0 Å². The Hall–Kier alpha value is -0.870. The van der Waals surface area contributed by atoms with E-state index in [0.717, 1.165) is 22.6 Å². The third kappa shape index (κ3) is 4.32. The molecule has 0 aliphatic heterocycles. The van der Waals surface area contributed by atoms with Gasteiger partial charge in [0.15, 0.2) is 0 Å². The fraction of sp³-hybridized carbons (Fsp3) is 0.562. The molecule has 2 rings (SSSR count). The van der Waals surface area contributed by atoms with Crippen LogP contribution in [0.3, 0.4) is 0 Å². The van der Waals surface area contributed by atoms with Crippen LogP contribution in [-0.4, -0.2) is 19.7 Å². The summed E-state index contributed by atoms with van der Waals surface area (Å²) < 4.78 is 11.4. The fourth-order valence-electron chi connectivity index (χ4n) is 2.60. The van der Waals surface area contributed by atoms with Gasteiger partial charge in [0.05, 0.1) is 19.3 Å². The average molecular weight is 341 g/mol. The van der Waals surface area contributed by atoms with Crippen molar-refractivity contribution in [3.63, 3.8) is 0 Å². The Kier molecular flexibility index (Phi) is 6.05. The summed E-state index contributed by atoms with van der Waals surface area (Å²) in [5.41, 5.74) is 1.61. The van der Waals surface area contributed by atoms with Gasteiger partial charge in [-0.05, 0) is 36.5 Å². The number of benzene rings is 1. The monoisotopic (exact) mass is 340 g/mol. The third-order valence-electron chi connectivity index (χ3n) is 3.81. The molecule has 0 N–H and O–H groups in total. The minimum absolute atomic E-state index is 0.319. The highest BCUT2D eigenvalue weighted by Crippen LogP contribution is 2.25. The molecule has 4 heteroatoms. The van der Waals surface area contributed by atoms with Crippen molar-refractivity contribution < 1.29 is 14.3 Å². The molecular weight excluding hydrogens is 320 g/mol. The summed E-state index contributed by atoms with van der Waals surface area (Å²) >= 11 is 3.48. The number of hydrogen-bond acceptors (Lipinski definition) is 3. The largest absolute Gasteiger partial charge is 0.465 e. The molecule has 0 atom stereocenters. The van der Waals surface area contributed by atoms with Crippen LogP contribution in [0.4, 0.5) is 0 Å². The Morgan fingerprint density at radius 3 is 2.70 bits per heavy atom. The highest BCUT2D eigenvalue weighted by molar-refractivity contribution is 9.10. The lowest BCUT2D eigenvalue weighted by atomic mass is 9.90. The second kappa shape index (κ2) is 7.79. The summed E-state index contributed by atoms with van der Waals surface area (Å²) in [7, 11) is 1.39. The Morgan fingerprint density at radius 2 is 2.05 bits per heavy atom. The second-order valence-electron chi connectivity index (χ2n) is 5.32. The number of halogens is 1. The number of ether oxygens (including phenoxy) is 2. The molecule has 0 aromatic heterocycles. The highest BCUT2D eigenvalue weighted by atomic mass is 79.9. The van der Waals surface area contributed by atoms with Gasteiger partial charge in [0.2, 0.25) is 0 Å². The van der Waals surface area contributed by atoms with Crippen LogP contribution in [0.2, 0.25) is 0 Å². The molecule has 1 aliphatic rings. The first-order valence-corrected chi connectivity index (χ1v) is 7.94. The number of hydrogen-bond donors (Lipinski definition) is 0. The van der Waals surface area contributed by atoms with Gasteiger partial charge in [0.25, 0.3) is 0 Å². The van der Waals surface area contributed by atoms with Crippen molar-refractivity contribution in [2.45, 2.75) is 38.7 Å². The first-order valence-electron chi connectivity index (χ1n) is 7.15. The predicted octanol–water partition coefficient (Wildman–Crippen LogP) is 4.33. The topological polar surface area (TPSA) is 35.5 Å². The van der Waals surface area contributed by atoms with Gasteiger partial charge in [-0.3, -0.25) is 0 Å². The van der Waals surface area contributed by atoms with Gasteiger partial charge in [-0.1, -0.05) is 41.3 Å². The molecule has 0 heterocycles. The van der Waals surface area contributed by atoms with Crippen molar-refractivity contribution >= 4 is 21.9 Å². The second-order valence-corrected chi connectivity index (χ2v) is 6.17. The van der Waals surface area contributed by atoms with Crippen LogP contribution in [0.15, 0.2) is 22.7 Å². The van der Waals surface area contributed by atoms with E-state index in [4.69, 9.17) is 9.47 Å². The van der Waals surface area contributed by atoms with Crippen LogP contribution < -0.4 is 0 Å². The lowest BCUT2D eigenvalue weighted by Crippen LogP contribution is -2.13. The van der Waals surface area contributed by atoms with E-state index in [0.29, 0.717) is 12.2 Å². The first-order chi connectivity index (χ1) is 9.70. The fourth-order valence-corrected chi connectivity index (χ4v) is 3.09. The van der Waals surface area contributed by atoms with Crippen LogP contribution in [0.5, 0.6) is 0 Å². The van der Waals surface area contributed by atoms with E-state index in [1.165, 1.54) is 39.2 Å². The Labute approximate surface area is 128 Å². The van der Waals surface area contributed by atoms with Gasteiger partial charge >= 0.3 is 5.97 Å². The minimum Gasteiger partial charge on any atom is -0.465 e. The molecule has 0 radical (unpaired) electrons. The number of esters is 1. The van der Waals surface area contributed by atoms with E-state index in [-0.39, 0.29) is 5.97 Å². The van der Waals surface area contributed by atoms with E-state index in [2.05, 4.69) is 15.9 Å². The summed E-state index contributed by atoms with van der Waals surface area (Å²) in [5, 5.41) is 0. The summed E-state index contributed by atoms with van der Waals surface area (Å²) in [4.78, 5) is 11.4. The minimum atomic E-state index is -0.319. The van der Waals surface area contributed by atoms with Gasteiger partial charge in [0.1, 0.15) is 0 Å². The van der Waals surface area contributed by atoms with Crippen LogP contribution in [0.25, 0.3) is 0 Å². The number of carbonyl (C=O) groups is 1. The standard InChI is InChI=1S/C16H21BrO3/c1-19-16(18)13-7-8-14(15(17)9-13)11-20-10-12-5-3-2-4-6-12/h7-9,12H,2-6,10-11H2,1H3. The quantitative estimate of drug-likeness (QED) is 0.748. The van der Waals surface area contributed by atoms with Crippen molar-refractivity contribution in [3.8, 4) is 0 Å². The molecule has 1 saturated carbocycles. The number of rotatable bonds is 5. The molecule has 1 aliphatic carbocycles. The Balaban J connectivity index is 1.84. The van der Waals surface area contributed by atoms with E-state index in [1.54, 1.807) is 12.1 Å². The van der Waals surface area contributed by atoms with Gasteiger partial charge in [-0.25, -0.2) is 4.79 Å². The molecule has 1 aromatic rings. The smallest absolute Gasteiger partial charge is 0.337 e. The van der Waals surface area contributed by atoms with Crippen molar-refractivity contribution in [3.05, 3.63) is 33.8 Å². The van der Waals surface area contributed by atoms with E-state index in [1.807, 2.05) is 6.07 Å².